The largest absolute Gasteiger partial charge is 0.504 e. The average Bonchev–Trinajstić information content (AvgIpc) is 1.81. The molecule has 0 spiro atoms. The fourth-order valence-electron chi connectivity index (χ4n) is 0.184. The summed E-state index contributed by atoms with van der Waals surface area (Å²) in [5.41, 5.74) is 0. The second-order valence-corrected chi connectivity index (χ2v) is 0.945. The van der Waals surface area contributed by atoms with Crippen LogP contribution < -0.4 is 0 Å². The Morgan fingerprint density at radius 3 is 2.75 bits per heavy atom. The number of aldehydes is 1. The first-order chi connectivity index (χ1) is 3.91. The highest BCUT2D eigenvalue weighted by Gasteiger charge is 1.57. The van der Waals surface area contributed by atoms with E-state index in [1.54, 1.807) is 0 Å². The fraction of sp³-hybridized carbons (Fsp3) is 0.167. The first-order valence-electron chi connectivity index (χ1n) is 2.04. The van der Waals surface area contributed by atoms with Gasteiger partial charge in [-0.2, -0.15) is 0 Å². The van der Waals surface area contributed by atoms with Crippen molar-refractivity contribution in [3.05, 3.63) is 12.3 Å². The monoisotopic (exact) mass is 110 g/mol. The minimum atomic E-state index is 0.528. The summed E-state index contributed by atoms with van der Waals surface area (Å²) in [5.74, 6) is 4.60. The lowest BCUT2D eigenvalue weighted by molar-refractivity contribution is -0.103. The van der Waals surface area contributed by atoms with Crippen molar-refractivity contribution in [3.8, 4) is 11.8 Å². The smallest absolute Gasteiger partial charge is 0.193 e. The quantitative estimate of drug-likeness (QED) is 0.276. The number of ether oxygens (including phenoxy) is 1. The van der Waals surface area contributed by atoms with E-state index >= 15 is 0 Å². The minimum absolute atomic E-state index is 0.528. The Morgan fingerprint density at radius 1 is 1.50 bits per heavy atom. The molecule has 2 heteroatoms. The zero-order chi connectivity index (χ0) is 6.24. The topological polar surface area (TPSA) is 26.3 Å². The zero-order valence-electron chi connectivity index (χ0n) is 4.55. The number of rotatable bonds is 1. The van der Waals surface area contributed by atoms with E-state index < -0.39 is 0 Å². The lowest BCUT2D eigenvalue weighted by Gasteiger charge is -1.76. The Kier molecular flexibility index (Phi) is 4.88. The van der Waals surface area contributed by atoms with Crippen LogP contribution in [0.1, 0.15) is 0 Å². The summed E-state index contributed by atoms with van der Waals surface area (Å²) in [7, 11) is 1.51. The number of hydrogen-bond acceptors (Lipinski definition) is 2. The van der Waals surface area contributed by atoms with Crippen LogP contribution in [0.5, 0.6) is 0 Å². The summed E-state index contributed by atoms with van der Waals surface area (Å²) in [6.07, 6.45) is 3.38. The first kappa shape index (κ1) is 6.77. The Hall–Kier alpha value is -1.23. The Labute approximate surface area is 48.1 Å². The van der Waals surface area contributed by atoms with Crippen LogP contribution in [0.4, 0.5) is 0 Å². The maximum Gasteiger partial charge on any atom is 0.193 e. The van der Waals surface area contributed by atoms with Gasteiger partial charge >= 0.3 is 0 Å². The van der Waals surface area contributed by atoms with E-state index in [1.165, 1.54) is 19.4 Å². The number of carbonyl (C=O) groups is 1. The molecule has 0 rings (SSSR count). The van der Waals surface area contributed by atoms with Crippen molar-refractivity contribution < 1.29 is 9.53 Å². The molecule has 8 heavy (non-hydrogen) atoms. The number of allylic oxidation sites excluding steroid dienone is 1. The summed E-state index contributed by atoms with van der Waals surface area (Å²) in [5, 5.41) is 0. The van der Waals surface area contributed by atoms with Crippen LogP contribution in [0, 0.1) is 11.8 Å². The van der Waals surface area contributed by atoms with Crippen LogP contribution >= 0.6 is 0 Å². The predicted octanol–water partition coefficient (Wildman–Crippen LogP) is 0.349. The van der Waals surface area contributed by atoms with E-state index in [4.69, 9.17) is 0 Å². The lowest BCUT2D eigenvalue weighted by Crippen LogP contribution is -1.62. The SMILES string of the molecule is CO/C=C\C#CC=O. The van der Waals surface area contributed by atoms with Crippen molar-refractivity contribution in [2.75, 3.05) is 7.11 Å². The van der Waals surface area contributed by atoms with Gasteiger partial charge in [-0.25, -0.2) is 0 Å². The molecule has 0 aliphatic carbocycles. The molecule has 0 bridgehead atoms. The molecule has 0 atom stereocenters. The summed E-state index contributed by atoms with van der Waals surface area (Å²) in [6, 6.07) is 0. The fourth-order valence-corrected chi connectivity index (χ4v) is 0.184. The van der Waals surface area contributed by atoms with Crippen molar-refractivity contribution in [1.29, 1.82) is 0 Å². The Morgan fingerprint density at radius 2 is 2.25 bits per heavy atom. The molecule has 0 fully saturated rings. The third kappa shape index (κ3) is 4.77. The van der Waals surface area contributed by atoms with Crippen LogP contribution in [0.3, 0.4) is 0 Å². The normalized spacial score (nSPS) is 7.62. The second-order valence-electron chi connectivity index (χ2n) is 0.945. The summed E-state index contributed by atoms with van der Waals surface area (Å²) >= 11 is 0. The predicted molar refractivity (Wildman–Crippen MR) is 30.0 cm³/mol. The van der Waals surface area contributed by atoms with Crippen molar-refractivity contribution in [2.24, 2.45) is 0 Å². The molecule has 0 radical (unpaired) electrons. The molecule has 0 heterocycles. The van der Waals surface area contributed by atoms with E-state index in [0.29, 0.717) is 6.29 Å². The van der Waals surface area contributed by atoms with Gasteiger partial charge in [0.15, 0.2) is 6.29 Å². The summed E-state index contributed by atoms with van der Waals surface area (Å²) in [4.78, 5) is 9.52. The lowest BCUT2D eigenvalue weighted by atomic mass is 10.6. The molecule has 0 aromatic heterocycles. The van der Waals surface area contributed by atoms with Gasteiger partial charge in [-0.3, -0.25) is 4.79 Å². The van der Waals surface area contributed by atoms with Gasteiger partial charge in [0.2, 0.25) is 0 Å². The van der Waals surface area contributed by atoms with Crippen LogP contribution in [0.25, 0.3) is 0 Å². The van der Waals surface area contributed by atoms with Gasteiger partial charge < -0.3 is 4.74 Å². The summed E-state index contributed by atoms with van der Waals surface area (Å²) < 4.78 is 4.49. The molecule has 0 aliphatic rings. The van der Waals surface area contributed by atoms with Gasteiger partial charge in [-0.15, -0.1) is 0 Å². The first-order valence-corrected chi connectivity index (χ1v) is 2.04. The third-order valence-electron chi connectivity index (χ3n) is 0.430. The molecule has 0 aromatic carbocycles. The Balaban J connectivity index is 3.40. The minimum Gasteiger partial charge on any atom is -0.504 e. The highest BCUT2D eigenvalue weighted by atomic mass is 16.5. The molecule has 0 saturated heterocycles. The molecule has 0 aliphatic heterocycles. The van der Waals surface area contributed by atoms with Crippen LogP contribution in [0.15, 0.2) is 12.3 Å². The molecule has 0 saturated carbocycles. The molecular formula is C6H6O2. The average molecular weight is 110 g/mol. The number of hydrogen-bond donors (Lipinski definition) is 0. The van der Waals surface area contributed by atoms with Crippen LogP contribution in [-0.2, 0) is 9.53 Å². The van der Waals surface area contributed by atoms with Gasteiger partial charge in [-0.05, 0) is 5.92 Å². The molecule has 2 nitrogen and oxygen atoms in total. The van der Waals surface area contributed by atoms with Crippen molar-refractivity contribution in [3.63, 3.8) is 0 Å². The third-order valence-corrected chi connectivity index (χ3v) is 0.430. The maximum absolute atomic E-state index is 9.52. The summed E-state index contributed by atoms with van der Waals surface area (Å²) in [6.45, 7) is 0. The van der Waals surface area contributed by atoms with E-state index in [1.807, 2.05) is 0 Å². The number of methoxy groups -OCH3 is 1. The van der Waals surface area contributed by atoms with E-state index in [9.17, 15) is 4.79 Å². The van der Waals surface area contributed by atoms with Gasteiger partial charge in [0, 0.05) is 6.08 Å². The van der Waals surface area contributed by atoms with Gasteiger partial charge in [-0.1, -0.05) is 5.92 Å². The molecule has 0 unspecified atom stereocenters. The van der Waals surface area contributed by atoms with Crippen LogP contribution in [-0.4, -0.2) is 13.4 Å². The second kappa shape index (κ2) is 5.77. The molecule has 0 amide bonds. The number of carbonyl (C=O) groups excluding carboxylic acids is 1. The van der Waals surface area contributed by atoms with Crippen molar-refractivity contribution in [2.45, 2.75) is 0 Å². The highest BCUT2D eigenvalue weighted by Crippen LogP contribution is 1.66. The van der Waals surface area contributed by atoms with Crippen molar-refractivity contribution >= 4 is 6.29 Å². The van der Waals surface area contributed by atoms with Crippen LogP contribution in [0.2, 0.25) is 0 Å². The molecule has 0 N–H and O–H groups in total. The van der Waals surface area contributed by atoms with Gasteiger partial charge in [0.25, 0.3) is 0 Å². The standard InChI is InChI=1S/C6H6O2/c1-8-6-4-2-3-5-7/h4-6H,1H3/b6-4-. The molecule has 42 valence electrons. The van der Waals surface area contributed by atoms with E-state index in [0.717, 1.165) is 0 Å². The Bertz CT molecular complexity index is 136. The maximum atomic E-state index is 9.52. The van der Waals surface area contributed by atoms with Gasteiger partial charge in [0.05, 0.1) is 13.4 Å². The zero-order valence-corrected chi connectivity index (χ0v) is 4.55. The molecular weight excluding hydrogens is 104 g/mol. The van der Waals surface area contributed by atoms with Gasteiger partial charge in [0.1, 0.15) is 0 Å². The van der Waals surface area contributed by atoms with E-state index in [-0.39, 0.29) is 0 Å². The molecule has 0 aromatic rings. The highest BCUT2D eigenvalue weighted by molar-refractivity contribution is 5.73. The van der Waals surface area contributed by atoms with Crippen molar-refractivity contribution in [1.82, 2.24) is 0 Å². The van der Waals surface area contributed by atoms with E-state index in [2.05, 4.69) is 16.6 Å².